The number of unbranched alkanes of at least 4 members (excludes halogenated alkanes) is 1. The molecule has 3 heteroatoms. The van der Waals surface area contributed by atoms with Gasteiger partial charge in [0.25, 0.3) is 0 Å². The van der Waals surface area contributed by atoms with Gasteiger partial charge < -0.3 is 10.1 Å². The molecule has 0 radical (unpaired) electrons. The van der Waals surface area contributed by atoms with Crippen LogP contribution in [0.4, 0.5) is 0 Å². The van der Waals surface area contributed by atoms with E-state index in [0.29, 0.717) is 6.04 Å². The van der Waals surface area contributed by atoms with Crippen molar-refractivity contribution >= 4 is 10.9 Å². The molecule has 1 aromatic heterocycles. The summed E-state index contributed by atoms with van der Waals surface area (Å²) in [5, 5.41) is 4.61. The Labute approximate surface area is 127 Å². The smallest absolute Gasteiger partial charge is 0.128 e. The van der Waals surface area contributed by atoms with Crippen molar-refractivity contribution in [2.24, 2.45) is 0 Å². The molecule has 0 aliphatic rings. The molecular formula is C18H26N2O. The maximum Gasteiger partial charge on any atom is 0.128 e. The number of rotatable bonds is 9. The molecule has 1 unspecified atom stereocenters. The number of nitrogens with one attached hydrogen (secondary N) is 1. The van der Waals surface area contributed by atoms with Crippen molar-refractivity contribution in [3.05, 3.63) is 36.5 Å². The number of aromatic nitrogens is 1. The summed E-state index contributed by atoms with van der Waals surface area (Å²) in [6.45, 7) is 6.34. The predicted molar refractivity (Wildman–Crippen MR) is 88.8 cm³/mol. The lowest BCUT2D eigenvalue weighted by molar-refractivity contribution is 0.305. The van der Waals surface area contributed by atoms with Crippen LogP contribution in [0.15, 0.2) is 36.5 Å². The number of ether oxygens (including phenoxy) is 1. The molecule has 0 spiro atoms. The highest BCUT2D eigenvalue weighted by molar-refractivity contribution is 5.84. The molecule has 1 N–H and O–H groups in total. The Hall–Kier alpha value is -1.61. The normalized spacial score (nSPS) is 12.5. The monoisotopic (exact) mass is 286 g/mol. The van der Waals surface area contributed by atoms with Crippen LogP contribution in [0.2, 0.25) is 0 Å². The van der Waals surface area contributed by atoms with Crippen LogP contribution < -0.4 is 10.1 Å². The van der Waals surface area contributed by atoms with Crippen LogP contribution in [0, 0.1) is 0 Å². The molecule has 2 rings (SSSR count). The minimum Gasteiger partial charge on any atom is -0.493 e. The molecule has 0 fully saturated rings. The molecule has 114 valence electrons. The maximum atomic E-state index is 5.92. The van der Waals surface area contributed by atoms with Gasteiger partial charge in [0, 0.05) is 17.6 Å². The van der Waals surface area contributed by atoms with Crippen molar-refractivity contribution in [2.75, 3.05) is 13.2 Å². The molecule has 0 aliphatic carbocycles. The third-order valence-electron chi connectivity index (χ3n) is 3.64. The zero-order chi connectivity index (χ0) is 14.9. The fourth-order valence-electron chi connectivity index (χ4n) is 2.43. The Morgan fingerprint density at radius 3 is 2.95 bits per heavy atom. The van der Waals surface area contributed by atoms with Crippen molar-refractivity contribution in [1.29, 1.82) is 0 Å². The molecule has 0 saturated heterocycles. The van der Waals surface area contributed by atoms with Gasteiger partial charge in [-0.3, -0.25) is 4.98 Å². The van der Waals surface area contributed by atoms with E-state index < -0.39 is 0 Å². The largest absolute Gasteiger partial charge is 0.493 e. The minimum atomic E-state index is 0.603. The van der Waals surface area contributed by atoms with Gasteiger partial charge in [0.2, 0.25) is 0 Å². The fourth-order valence-corrected chi connectivity index (χ4v) is 2.43. The SMILES string of the molecule is CCCNC(C)CCCCOc1cccc2ncccc12. The zero-order valence-electron chi connectivity index (χ0n) is 13.1. The van der Waals surface area contributed by atoms with Gasteiger partial charge in [0.1, 0.15) is 5.75 Å². The molecular weight excluding hydrogens is 260 g/mol. The number of pyridine rings is 1. The van der Waals surface area contributed by atoms with Crippen molar-refractivity contribution in [1.82, 2.24) is 10.3 Å². The van der Waals surface area contributed by atoms with Crippen LogP contribution in [0.1, 0.15) is 39.5 Å². The van der Waals surface area contributed by atoms with Crippen molar-refractivity contribution in [3.8, 4) is 5.75 Å². The van der Waals surface area contributed by atoms with Crippen LogP contribution in [0.3, 0.4) is 0 Å². The van der Waals surface area contributed by atoms with Gasteiger partial charge in [-0.15, -0.1) is 0 Å². The Morgan fingerprint density at radius 2 is 2.10 bits per heavy atom. The first-order valence-corrected chi connectivity index (χ1v) is 8.01. The van der Waals surface area contributed by atoms with Crippen LogP contribution in [-0.2, 0) is 0 Å². The Kier molecular flexibility index (Phi) is 6.48. The highest BCUT2D eigenvalue weighted by Gasteiger charge is 2.03. The third-order valence-corrected chi connectivity index (χ3v) is 3.64. The Balaban J connectivity index is 1.73. The van der Waals surface area contributed by atoms with Crippen LogP contribution in [-0.4, -0.2) is 24.2 Å². The van der Waals surface area contributed by atoms with E-state index in [1.165, 1.54) is 19.3 Å². The lowest BCUT2D eigenvalue weighted by Crippen LogP contribution is -2.26. The quantitative estimate of drug-likeness (QED) is 0.702. The molecule has 21 heavy (non-hydrogen) atoms. The van der Waals surface area contributed by atoms with E-state index in [1.807, 2.05) is 30.5 Å². The van der Waals surface area contributed by atoms with Gasteiger partial charge >= 0.3 is 0 Å². The van der Waals surface area contributed by atoms with Crippen LogP contribution in [0.25, 0.3) is 10.9 Å². The standard InChI is InChI=1S/C18H26N2O/c1-3-12-19-15(2)8-4-5-14-21-18-11-6-10-17-16(18)9-7-13-20-17/h6-7,9-11,13,15,19H,3-5,8,12,14H2,1-2H3. The fraction of sp³-hybridized carbons (Fsp3) is 0.500. The molecule has 1 atom stereocenters. The van der Waals surface area contributed by atoms with Crippen molar-refractivity contribution in [2.45, 2.75) is 45.6 Å². The number of fused-ring (bicyclic) bond motifs is 1. The number of nitrogens with zero attached hydrogens (tertiary/aromatic N) is 1. The minimum absolute atomic E-state index is 0.603. The summed E-state index contributed by atoms with van der Waals surface area (Å²) in [5.41, 5.74) is 0.993. The summed E-state index contributed by atoms with van der Waals surface area (Å²) in [5.74, 6) is 0.942. The number of hydrogen-bond acceptors (Lipinski definition) is 3. The molecule has 0 amide bonds. The summed E-state index contributed by atoms with van der Waals surface area (Å²) < 4.78 is 5.92. The maximum absolute atomic E-state index is 5.92. The summed E-state index contributed by atoms with van der Waals surface area (Å²) in [7, 11) is 0. The highest BCUT2D eigenvalue weighted by Crippen LogP contribution is 2.23. The Bertz CT molecular complexity index is 536. The third kappa shape index (κ3) is 5.01. The van der Waals surface area contributed by atoms with E-state index in [9.17, 15) is 0 Å². The lowest BCUT2D eigenvalue weighted by Gasteiger charge is -2.13. The summed E-state index contributed by atoms with van der Waals surface area (Å²) in [4.78, 5) is 4.35. The first-order chi connectivity index (χ1) is 10.3. The van der Waals surface area contributed by atoms with E-state index in [4.69, 9.17) is 4.74 Å². The van der Waals surface area contributed by atoms with E-state index in [-0.39, 0.29) is 0 Å². The molecule has 2 aromatic rings. The van der Waals surface area contributed by atoms with E-state index in [2.05, 4.69) is 30.2 Å². The highest BCUT2D eigenvalue weighted by atomic mass is 16.5. The van der Waals surface area contributed by atoms with Gasteiger partial charge in [0.05, 0.1) is 12.1 Å². The summed E-state index contributed by atoms with van der Waals surface area (Å²) in [6, 6.07) is 10.7. The van der Waals surface area contributed by atoms with Gasteiger partial charge in [0.15, 0.2) is 0 Å². The second kappa shape index (κ2) is 8.63. The molecule has 1 heterocycles. The van der Waals surface area contributed by atoms with Gasteiger partial charge in [-0.25, -0.2) is 0 Å². The summed E-state index contributed by atoms with van der Waals surface area (Å²) >= 11 is 0. The average Bonchev–Trinajstić information content (AvgIpc) is 2.52. The number of hydrogen-bond donors (Lipinski definition) is 1. The lowest BCUT2D eigenvalue weighted by atomic mass is 10.1. The van der Waals surface area contributed by atoms with Gasteiger partial charge in [-0.2, -0.15) is 0 Å². The second-order valence-corrected chi connectivity index (χ2v) is 5.53. The zero-order valence-corrected chi connectivity index (χ0v) is 13.1. The van der Waals surface area contributed by atoms with Crippen molar-refractivity contribution < 1.29 is 4.74 Å². The van der Waals surface area contributed by atoms with Crippen LogP contribution in [0.5, 0.6) is 5.75 Å². The Morgan fingerprint density at radius 1 is 1.19 bits per heavy atom. The second-order valence-electron chi connectivity index (χ2n) is 5.53. The van der Waals surface area contributed by atoms with E-state index >= 15 is 0 Å². The summed E-state index contributed by atoms with van der Waals surface area (Å²) in [6.07, 6.45) is 6.51. The molecule has 1 aromatic carbocycles. The van der Waals surface area contributed by atoms with E-state index in [1.54, 1.807) is 0 Å². The van der Waals surface area contributed by atoms with E-state index in [0.717, 1.165) is 36.2 Å². The number of benzene rings is 1. The predicted octanol–water partition coefficient (Wildman–Crippen LogP) is 4.17. The topological polar surface area (TPSA) is 34.1 Å². The first kappa shape index (κ1) is 15.8. The molecule has 0 aliphatic heterocycles. The average molecular weight is 286 g/mol. The first-order valence-electron chi connectivity index (χ1n) is 8.01. The molecule has 0 bridgehead atoms. The molecule has 3 nitrogen and oxygen atoms in total. The van der Waals surface area contributed by atoms with Crippen molar-refractivity contribution in [3.63, 3.8) is 0 Å². The molecule has 0 saturated carbocycles. The van der Waals surface area contributed by atoms with Gasteiger partial charge in [-0.05, 0) is 63.4 Å². The van der Waals surface area contributed by atoms with Crippen LogP contribution >= 0.6 is 0 Å². The van der Waals surface area contributed by atoms with Gasteiger partial charge in [-0.1, -0.05) is 13.0 Å².